The van der Waals surface area contributed by atoms with Crippen LogP contribution in [-0.4, -0.2) is 30.7 Å². The summed E-state index contributed by atoms with van der Waals surface area (Å²) in [7, 11) is 1.85. The van der Waals surface area contributed by atoms with E-state index in [0.717, 1.165) is 43.3 Å². The molecule has 4 rings (SSSR count). The Morgan fingerprint density at radius 1 is 1.17 bits per heavy atom. The van der Waals surface area contributed by atoms with Crippen molar-refractivity contribution in [3.63, 3.8) is 0 Å². The van der Waals surface area contributed by atoms with E-state index < -0.39 is 0 Å². The third-order valence-electron chi connectivity index (χ3n) is 5.55. The fraction of sp³-hybridized carbons (Fsp3) is 0.450. The molecule has 2 aliphatic rings. The van der Waals surface area contributed by atoms with Gasteiger partial charge in [-0.05, 0) is 53.9 Å². The Labute approximate surface area is 144 Å². The van der Waals surface area contributed by atoms with E-state index in [4.69, 9.17) is 0 Å². The molecule has 1 aromatic heterocycles. The number of guanidine groups is 1. The van der Waals surface area contributed by atoms with E-state index in [0.29, 0.717) is 0 Å². The molecule has 0 radical (unpaired) electrons. The second-order valence-corrected chi connectivity index (χ2v) is 6.89. The van der Waals surface area contributed by atoms with Crippen LogP contribution in [0.4, 0.5) is 0 Å². The van der Waals surface area contributed by atoms with Gasteiger partial charge in [0.2, 0.25) is 0 Å². The lowest BCUT2D eigenvalue weighted by Gasteiger charge is -2.13. The fourth-order valence-corrected chi connectivity index (χ4v) is 4.25. The Hall–Kier alpha value is -2.23. The van der Waals surface area contributed by atoms with E-state index in [2.05, 4.69) is 69.0 Å². The maximum absolute atomic E-state index is 4.35. The summed E-state index contributed by atoms with van der Waals surface area (Å²) in [6.07, 6.45) is 6.76. The van der Waals surface area contributed by atoms with Crippen LogP contribution in [0.15, 0.2) is 53.8 Å². The van der Waals surface area contributed by atoms with Crippen LogP contribution < -0.4 is 10.6 Å². The van der Waals surface area contributed by atoms with Gasteiger partial charge in [0.05, 0.1) is 0 Å². The zero-order chi connectivity index (χ0) is 16.4. The van der Waals surface area contributed by atoms with Crippen LogP contribution in [0.3, 0.4) is 0 Å². The standard InChI is InChI=1S/C20H26N4/c1-21-20(22-10-13-24-11-4-5-12-24)23-14-18-17-9-8-15-6-2-3-7-16(15)19(17)18/h2-7,11-12,17-19H,8-10,13-14H2,1H3,(H2,21,22,23). The first-order valence-corrected chi connectivity index (χ1v) is 9.00. The van der Waals surface area contributed by atoms with Gasteiger partial charge in [-0.3, -0.25) is 4.99 Å². The number of rotatable bonds is 5. The van der Waals surface area contributed by atoms with Crippen molar-refractivity contribution >= 4 is 5.96 Å². The molecule has 0 amide bonds. The lowest BCUT2D eigenvalue weighted by Crippen LogP contribution is -2.39. The zero-order valence-corrected chi connectivity index (χ0v) is 14.3. The van der Waals surface area contributed by atoms with Gasteiger partial charge in [-0.25, -0.2) is 0 Å². The predicted molar refractivity (Wildman–Crippen MR) is 98.3 cm³/mol. The largest absolute Gasteiger partial charge is 0.356 e. The molecule has 3 unspecified atom stereocenters. The Morgan fingerprint density at radius 2 is 2.00 bits per heavy atom. The van der Waals surface area contributed by atoms with Crippen LogP contribution in [0, 0.1) is 11.8 Å². The first kappa shape index (κ1) is 15.3. The molecule has 0 saturated heterocycles. The van der Waals surface area contributed by atoms with Gasteiger partial charge in [-0.2, -0.15) is 0 Å². The smallest absolute Gasteiger partial charge is 0.191 e. The molecule has 4 nitrogen and oxygen atoms in total. The van der Waals surface area contributed by atoms with Crippen LogP contribution in [-0.2, 0) is 13.0 Å². The summed E-state index contributed by atoms with van der Waals surface area (Å²) in [6, 6.07) is 13.1. The molecule has 2 N–H and O–H groups in total. The molecule has 0 aliphatic heterocycles. The molecule has 2 aromatic rings. The SMILES string of the molecule is CN=C(NCCn1cccc1)NCC1C2CCc3ccccc3C21. The Morgan fingerprint density at radius 3 is 2.83 bits per heavy atom. The van der Waals surface area contributed by atoms with Gasteiger partial charge in [0.25, 0.3) is 0 Å². The molecule has 1 aromatic carbocycles. The number of hydrogen-bond acceptors (Lipinski definition) is 1. The van der Waals surface area contributed by atoms with E-state index in [1.807, 2.05) is 7.05 Å². The minimum absolute atomic E-state index is 0.761. The molecule has 1 fully saturated rings. The van der Waals surface area contributed by atoms with Crippen molar-refractivity contribution in [3.05, 3.63) is 59.9 Å². The molecular weight excluding hydrogens is 296 g/mol. The maximum atomic E-state index is 4.35. The monoisotopic (exact) mass is 322 g/mol. The molecule has 1 heterocycles. The quantitative estimate of drug-likeness (QED) is 0.656. The Bertz CT molecular complexity index is 704. The topological polar surface area (TPSA) is 41.4 Å². The lowest BCUT2D eigenvalue weighted by molar-refractivity contribution is 0.614. The lowest BCUT2D eigenvalue weighted by atomic mass is 9.92. The summed E-state index contributed by atoms with van der Waals surface area (Å²) in [4.78, 5) is 4.35. The van der Waals surface area contributed by atoms with E-state index in [-0.39, 0.29) is 0 Å². The van der Waals surface area contributed by atoms with Crippen molar-refractivity contribution in [2.24, 2.45) is 16.8 Å². The van der Waals surface area contributed by atoms with Crippen molar-refractivity contribution in [1.29, 1.82) is 0 Å². The number of benzene rings is 1. The van der Waals surface area contributed by atoms with Crippen molar-refractivity contribution in [2.75, 3.05) is 20.1 Å². The maximum Gasteiger partial charge on any atom is 0.191 e. The summed E-state index contributed by atoms with van der Waals surface area (Å²) in [5, 5.41) is 6.94. The minimum Gasteiger partial charge on any atom is -0.356 e. The predicted octanol–water partition coefficient (Wildman–Crippen LogP) is 2.63. The molecular formula is C20H26N4. The summed E-state index contributed by atoms with van der Waals surface area (Å²) in [5.41, 5.74) is 3.16. The van der Waals surface area contributed by atoms with Crippen LogP contribution in [0.1, 0.15) is 23.5 Å². The highest BCUT2D eigenvalue weighted by atomic mass is 15.2. The van der Waals surface area contributed by atoms with E-state index in [9.17, 15) is 0 Å². The molecule has 1 saturated carbocycles. The first-order valence-electron chi connectivity index (χ1n) is 9.00. The van der Waals surface area contributed by atoms with Gasteiger partial charge in [0.15, 0.2) is 5.96 Å². The Balaban J connectivity index is 1.26. The van der Waals surface area contributed by atoms with Crippen LogP contribution in [0.5, 0.6) is 0 Å². The third kappa shape index (κ3) is 3.05. The minimum atomic E-state index is 0.761. The van der Waals surface area contributed by atoms with E-state index >= 15 is 0 Å². The number of aryl methyl sites for hydroxylation is 1. The van der Waals surface area contributed by atoms with Gasteiger partial charge >= 0.3 is 0 Å². The second kappa shape index (κ2) is 6.71. The second-order valence-electron chi connectivity index (χ2n) is 6.89. The van der Waals surface area contributed by atoms with Crippen LogP contribution in [0.2, 0.25) is 0 Å². The number of fused-ring (bicyclic) bond motifs is 3. The Kier molecular flexibility index (Phi) is 4.28. The molecule has 3 atom stereocenters. The van der Waals surface area contributed by atoms with Gasteiger partial charge in [0, 0.05) is 39.1 Å². The van der Waals surface area contributed by atoms with Gasteiger partial charge in [0.1, 0.15) is 0 Å². The normalized spacial score (nSPS) is 24.9. The van der Waals surface area contributed by atoms with Crippen molar-refractivity contribution < 1.29 is 0 Å². The molecule has 0 bridgehead atoms. The van der Waals surface area contributed by atoms with Crippen molar-refractivity contribution in [1.82, 2.24) is 15.2 Å². The molecule has 4 heteroatoms. The van der Waals surface area contributed by atoms with Crippen molar-refractivity contribution in [2.45, 2.75) is 25.3 Å². The summed E-state index contributed by atoms with van der Waals surface area (Å²) in [5.74, 6) is 3.31. The average Bonchev–Trinajstić information content (AvgIpc) is 3.09. The average molecular weight is 322 g/mol. The van der Waals surface area contributed by atoms with E-state index in [1.165, 1.54) is 12.8 Å². The summed E-state index contributed by atoms with van der Waals surface area (Å²) >= 11 is 0. The van der Waals surface area contributed by atoms with Crippen LogP contribution in [0.25, 0.3) is 0 Å². The number of aromatic nitrogens is 1. The molecule has 24 heavy (non-hydrogen) atoms. The molecule has 0 spiro atoms. The van der Waals surface area contributed by atoms with Crippen LogP contribution >= 0.6 is 0 Å². The summed E-state index contributed by atoms with van der Waals surface area (Å²) < 4.78 is 2.17. The first-order chi connectivity index (χ1) is 11.9. The highest BCUT2D eigenvalue weighted by Gasteiger charge is 2.52. The third-order valence-corrected chi connectivity index (χ3v) is 5.55. The highest BCUT2D eigenvalue weighted by Crippen LogP contribution is 2.59. The molecule has 126 valence electrons. The summed E-state index contributed by atoms with van der Waals surface area (Å²) in [6.45, 7) is 2.86. The number of nitrogens with zero attached hydrogens (tertiary/aromatic N) is 2. The highest BCUT2D eigenvalue weighted by molar-refractivity contribution is 5.79. The van der Waals surface area contributed by atoms with Gasteiger partial charge < -0.3 is 15.2 Å². The zero-order valence-electron chi connectivity index (χ0n) is 14.3. The van der Waals surface area contributed by atoms with Gasteiger partial charge in [-0.1, -0.05) is 24.3 Å². The number of hydrogen-bond donors (Lipinski definition) is 2. The number of aliphatic imine (C=N–C) groups is 1. The van der Waals surface area contributed by atoms with Gasteiger partial charge in [-0.15, -0.1) is 0 Å². The number of nitrogens with one attached hydrogen (secondary N) is 2. The van der Waals surface area contributed by atoms with E-state index in [1.54, 1.807) is 11.1 Å². The van der Waals surface area contributed by atoms with Crippen molar-refractivity contribution in [3.8, 4) is 0 Å². The fourth-order valence-electron chi connectivity index (χ4n) is 4.25. The molecule has 2 aliphatic carbocycles.